The van der Waals surface area contributed by atoms with Gasteiger partial charge in [-0.15, -0.1) is 5.10 Å². The topological polar surface area (TPSA) is 85.8 Å². The van der Waals surface area contributed by atoms with E-state index >= 15 is 0 Å². The van der Waals surface area contributed by atoms with Gasteiger partial charge in [0.15, 0.2) is 0 Å². The van der Waals surface area contributed by atoms with Gasteiger partial charge in [-0.2, -0.15) is 0 Å². The van der Waals surface area contributed by atoms with Gasteiger partial charge in [0.2, 0.25) is 0 Å². The van der Waals surface area contributed by atoms with Crippen molar-refractivity contribution in [2.24, 2.45) is 0 Å². The molecule has 0 bridgehead atoms. The molecule has 0 saturated heterocycles. The van der Waals surface area contributed by atoms with E-state index in [4.69, 9.17) is 5.73 Å². The third kappa shape index (κ3) is 4.88. The van der Waals surface area contributed by atoms with Gasteiger partial charge < -0.3 is 11.1 Å². The Morgan fingerprint density at radius 1 is 0.889 bits per heavy atom. The van der Waals surface area contributed by atoms with Gasteiger partial charge in [0.25, 0.3) is 5.91 Å². The average molecular weight is 474 g/mol. The van der Waals surface area contributed by atoms with Crippen molar-refractivity contribution in [3.63, 3.8) is 0 Å². The predicted octanol–water partition coefficient (Wildman–Crippen LogP) is 5.73. The molecule has 0 spiro atoms. The summed E-state index contributed by atoms with van der Waals surface area (Å²) in [7, 11) is 0. The summed E-state index contributed by atoms with van der Waals surface area (Å²) in [4.78, 5) is 13.2. The molecule has 1 aromatic heterocycles. The monoisotopic (exact) mass is 473 g/mol. The van der Waals surface area contributed by atoms with Gasteiger partial charge in [0.1, 0.15) is 5.69 Å². The van der Waals surface area contributed by atoms with Crippen molar-refractivity contribution in [2.45, 2.75) is 20.4 Å². The quantitative estimate of drug-likeness (QED) is 0.308. The zero-order valence-corrected chi connectivity index (χ0v) is 20.3. The van der Waals surface area contributed by atoms with Crippen LogP contribution in [0.25, 0.3) is 28.1 Å². The van der Waals surface area contributed by atoms with Gasteiger partial charge in [0.05, 0.1) is 17.4 Å². The molecule has 0 atom stereocenters. The maximum atomic E-state index is 13.2. The van der Waals surface area contributed by atoms with E-state index in [-0.39, 0.29) is 5.91 Å². The van der Waals surface area contributed by atoms with Crippen molar-refractivity contribution in [3.05, 3.63) is 119 Å². The van der Waals surface area contributed by atoms with E-state index < -0.39 is 0 Å². The third-order valence-electron chi connectivity index (χ3n) is 6.15. The van der Waals surface area contributed by atoms with Crippen molar-refractivity contribution in [2.75, 3.05) is 5.73 Å². The number of carbonyl (C=O) groups is 1. The Hall–Kier alpha value is -4.71. The molecule has 0 saturated carbocycles. The lowest BCUT2D eigenvalue weighted by atomic mass is 9.98. The molecule has 0 fully saturated rings. The van der Waals surface area contributed by atoms with Crippen LogP contribution in [0.5, 0.6) is 0 Å². The van der Waals surface area contributed by atoms with Crippen molar-refractivity contribution >= 4 is 11.6 Å². The van der Waals surface area contributed by atoms with Crippen LogP contribution < -0.4 is 11.1 Å². The number of nitrogens with one attached hydrogen (secondary N) is 1. The summed E-state index contributed by atoms with van der Waals surface area (Å²) in [6.07, 6.45) is 1.81. The second kappa shape index (κ2) is 9.88. The number of amides is 1. The number of aromatic nitrogens is 3. The lowest BCUT2D eigenvalue weighted by Gasteiger charge is -2.12. The summed E-state index contributed by atoms with van der Waals surface area (Å²) in [6, 6.07) is 29.7. The van der Waals surface area contributed by atoms with E-state index in [2.05, 4.69) is 52.9 Å². The first-order valence-electron chi connectivity index (χ1n) is 11.8. The van der Waals surface area contributed by atoms with Gasteiger partial charge in [-0.05, 0) is 65.9 Å². The fourth-order valence-electron chi connectivity index (χ4n) is 4.29. The van der Waals surface area contributed by atoms with Crippen molar-refractivity contribution in [3.8, 4) is 28.1 Å². The molecule has 6 nitrogen and oxygen atoms in total. The Labute approximate surface area is 210 Å². The van der Waals surface area contributed by atoms with E-state index in [0.29, 0.717) is 29.2 Å². The zero-order valence-electron chi connectivity index (χ0n) is 20.3. The lowest BCUT2D eigenvalue weighted by molar-refractivity contribution is 0.0950. The number of benzene rings is 4. The number of anilines is 1. The van der Waals surface area contributed by atoms with Crippen LogP contribution in [-0.2, 0) is 6.54 Å². The number of hydrogen-bond donors (Lipinski definition) is 2. The highest BCUT2D eigenvalue weighted by Crippen LogP contribution is 2.25. The van der Waals surface area contributed by atoms with Crippen LogP contribution in [0.4, 0.5) is 5.69 Å². The number of nitrogens with two attached hydrogens (primary N) is 1. The fourth-order valence-corrected chi connectivity index (χ4v) is 4.29. The summed E-state index contributed by atoms with van der Waals surface area (Å²) >= 11 is 0. The van der Waals surface area contributed by atoms with Crippen LogP contribution in [0, 0.1) is 13.8 Å². The number of hydrogen-bond acceptors (Lipinski definition) is 4. The normalized spacial score (nSPS) is 10.8. The van der Waals surface area contributed by atoms with Crippen LogP contribution in [-0.4, -0.2) is 20.9 Å². The second-order valence-corrected chi connectivity index (χ2v) is 8.89. The molecule has 0 radical (unpaired) electrons. The Morgan fingerprint density at radius 2 is 1.69 bits per heavy atom. The van der Waals surface area contributed by atoms with Crippen molar-refractivity contribution in [1.82, 2.24) is 20.3 Å². The van der Waals surface area contributed by atoms with Crippen LogP contribution in [0.3, 0.4) is 0 Å². The zero-order chi connectivity index (χ0) is 25.1. The van der Waals surface area contributed by atoms with Gasteiger partial charge in [-0.25, -0.2) is 4.68 Å². The molecule has 36 heavy (non-hydrogen) atoms. The minimum atomic E-state index is -0.171. The molecule has 1 amide bonds. The van der Waals surface area contributed by atoms with Gasteiger partial charge >= 0.3 is 0 Å². The smallest absolute Gasteiger partial charge is 0.253 e. The molecule has 0 aliphatic heterocycles. The Kier molecular flexibility index (Phi) is 6.33. The van der Waals surface area contributed by atoms with Gasteiger partial charge in [-0.3, -0.25) is 4.79 Å². The summed E-state index contributed by atoms with van der Waals surface area (Å²) in [5.74, 6) is -0.171. The lowest BCUT2D eigenvalue weighted by Crippen LogP contribution is -2.24. The summed E-state index contributed by atoms with van der Waals surface area (Å²) in [5, 5.41) is 11.6. The van der Waals surface area contributed by atoms with E-state index in [1.54, 1.807) is 4.68 Å². The highest BCUT2D eigenvalue weighted by molar-refractivity contribution is 5.97. The predicted molar refractivity (Wildman–Crippen MR) is 144 cm³/mol. The van der Waals surface area contributed by atoms with Crippen LogP contribution in [0.1, 0.15) is 27.0 Å². The number of carbonyl (C=O) groups excluding carboxylic acids is 1. The number of aryl methyl sites for hydroxylation is 2. The first kappa shape index (κ1) is 23.1. The molecule has 5 rings (SSSR count). The van der Waals surface area contributed by atoms with E-state index in [9.17, 15) is 4.79 Å². The van der Waals surface area contributed by atoms with E-state index in [0.717, 1.165) is 16.7 Å². The largest absolute Gasteiger partial charge is 0.399 e. The number of nitrogen functional groups attached to an aromatic ring is 1. The molecular formula is C30H27N5O. The third-order valence-corrected chi connectivity index (χ3v) is 6.15. The molecule has 6 heteroatoms. The van der Waals surface area contributed by atoms with Crippen LogP contribution >= 0.6 is 0 Å². The molecule has 0 aliphatic carbocycles. The highest BCUT2D eigenvalue weighted by Gasteiger charge is 2.16. The van der Waals surface area contributed by atoms with Gasteiger partial charge in [0, 0.05) is 17.8 Å². The molecule has 3 N–H and O–H groups in total. The minimum Gasteiger partial charge on any atom is -0.399 e. The fraction of sp³-hybridized carbons (Fsp3) is 0.100. The first-order chi connectivity index (χ1) is 17.5. The maximum Gasteiger partial charge on any atom is 0.253 e. The SMILES string of the molecule is Cc1ccc(C(=O)NCc2ccc(-c3ccccc3)c(C)c2)c(-n2cc(-c3cccc(N)c3)nn2)c1. The number of rotatable bonds is 6. The maximum absolute atomic E-state index is 13.2. The summed E-state index contributed by atoms with van der Waals surface area (Å²) < 4.78 is 1.64. The highest BCUT2D eigenvalue weighted by atomic mass is 16.1. The Balaban J connectivity index is 1.36. The summed E-state index contributed by atoms with van der Waals surface area (Å²) in [5.41, 5.74) is 14.9. The Morgan fingerprint density at radius 3 is 2.47 bits per heavy atom. The summed E-state index contributed by atoms with van der Waals surface area (Å²) in [6.45, 7) is 4.50. The van der Waals surface area contributed by atoms with E-state index in [1.165, 1.54) is 16.7 Å². The second-order valence-electron chi connectivity index (χ2n) is 8.89. The molecule has 178 valence electrons. The minimum absolute atomic E-state index is 0.171. The van der Waals surface area contributed by atoms with Crippen molar-refractivity contribution in [1.29, 1.82) is 0 Å². The molecular weight excluding hydrogens is 446 g/mol. The molecule has 4 aromatic carbocycles. The van der Waals surface area contributed by atoms with Gasteiger partial charge in [-0.1, -0.05) is 71.9 Å². The van der Waals surface area contributed by atoms with Crippen LogP contribution in [0.2, 0.25) is 0 Å². The Bertz CT molecular complexity index is 1540. The molecule has 5 aromatic rings. The molecule has 0 aliphatic rings. The van der Waals surface area contributed by atoms with Crippen molar-refractivity contribution < 1.29 is 4.79 Å². The first-order valence-corrected chi connectivity index (χ1v) is 11.8. The van der Waals surface area contributed by atoms with E-state index in [1.807, 2.05) is 73.8 Å². The molecule has 0 unspecified atom stereocenters. The van der Waals surface area contributed by atoms with Crippen LogP contribution in [0.15, 0.2) is 97.2 Å². The molecule has 1 heterocycles. The standard InChI is InChI=1S/C30H27N5O/c1-20-11-13-27(29(15-20)35-19-28(33-34-35)24-9-6-10-25(31)17-24)30(36)32-18-22-12-14-26(21(2)16-22)23-7-4-3-5-8-23/h3-17,19H,18,31H2,1-2H3,(H,32,36). The average Bonchev–Trinajstić information content (AvgIpc) is 3.38. The number of nitrogens with zero attached hydrogens (tertiary/aromatic N) is 3.